The van der Waals surface area contributed by atoms with Crippen molar-refractivity contribution < 1.29 is 14.3 Å². The van der Waals surface area contributed by atoms with E-state index in [1.807, 2.05) is 44.1 Å². The van der Waals surface area contributed by atoms with Gasteiger partial charge in [0.2, 0.25) is 5.88 Å². The van der Waals surface area contributed by atoms with E-state index in [1.165, 1.54) is 18.4 Å². The molecular formula is C19H25N5O3S. The number of carbonyl (C=O) groups is 1. The molecule has 0 fully saturated rings. The van der Waals surface area contributed by atoms with E-state index in [4.69, 9.17) is 9.47 Å². The van der Waals surface area contributed by atoms with Gasteiger partial charge in [-0.1, -0.05) is 11.3 Å². The molecule has 0 N–H and O–H groups in total. The number of aromatic nitrogens is 3. The number of likely N-dealkylation sites (N-methyl/N-ethyl adjacent to an activating group) is 1. The number of nitrogens with zero attached hydrogens (tertiary/aromatic N) is 5. The number of thiazole rings is 1. The molecule has 28 heavy (non-hydrogen) atoms. The molecule has 0 saturated heterocycles. The highest BCUT2D eigenvalue weighted by Gasteiger charge is 2.26. The Morgan fingerprint density at radius 3 is 2.75 bits per heavy atom. The first-order chi connectivity index (χ1) is 13.4. The van der Waals surface area contributed by atoms with Crippen LogP contribution in [0.15, 0.2) is 24.4 Å². The molecule has 0 aliphatic carbocycles. The number of carbonyl (C=O) groups excluding carboxylic acids is 1. The fourth-order valence-corrected chi connectivity index (χ4v) is 3.78. The first-order valence-corrected chi connectivity index (χ1v) is 9.82. The van der Waals surface area contributed by atoms with Crippen molar-refractivity contribution in [2.24, 2.45) is 7.05 Å². The maximum atomic E-state index is 13.3. The summed E-state index contributed by atoms with van der Waals surface area (Å²) in [6.45, 7) is 3.76. The molecule has 3 rings (SSSR count). The van der Waals surface area contributed by atoms with Crippen LogP contribution >= 0.6 is 11.3 Å². The van der Waals surface area contributed by atoms with Gasteiger partial charge in [0.25, 0.3) is 5.91 Å². The molecule has 1 aromatic carbocycles. The van der Waals surface area contributed by atoms with Gasteiger partial charge < -0.3 is 14.4 Å². The molecular weight excluding hydrogens is 378 g/mol. The van der Waals surface area contributed by atoms with Crippen molar-refractivity contribution >= 4 is 32.6 Å². The molecule has 0 aliphatic rings. The summed E-state index contributed by atoms with van der Waals surface area (Å²) < 4.78 is 13.4. The summed E-state index contributed by atoms with van der Waals surface area (Å²) in [5.41, 5.74) is 1.25. The predicted octanol–water partition coefficient (Wildman–Crippen LogP) is 2.65. The van der Waals surface area contributed by atoms with E-state index in [2.05, 4.69) is 10.1 Å². The average Bonchev–Trinajstić information content (AvgIpc) is 3.24. The second-order valence-electron chi connectivity index (χ2n) is 6.54. The van der Waals surface area contributed by atoms with Gasteiger partial charge in [0.15, 0.2) is 5.13 Å². The first-order valence-electron chi connectivity index (χ1n) is 9.00. The highest BCUT2D eigenvalue weighted by Crippen LogP contribution is 2.33. The van der Waals surface area contributed by atoms with Crippen LogP contribution in [0.1, 0.15) is 17.3 Å². The van der Waals surface area contributed by atoms with Crippen LogP contribution in [-0.2, 0) is 7.05 Å². The van der Waals surface area contributed by atoms with E-state index < -0.39 is 0 Å². The zero-order valence-corrected chi connectivity index (χ0v) is 17.6. The topological polar surface area (TPSA) is 72.7 Å². The van der Waals surface area contributed by atoms with Gasteiger partial charge in [-0.2, -0.15) is 0 Å². The van der Waals surface area contributed by atoms with E-state index in [1.54, 1.807) is 22.8 Å². The smallest absolute Gasteiger partial charge is 0.267 e. The Morgan fingerprint density at radius 1 is 1.29 bits per heavy atom. The Morgan fingerprint density at radius 2 is 2.07 bits per heavy atom. The minimum atomic E-state index is -0.184. The van der Waals surface area contributed by atoms with Gasteiger partial charge in [0, 0.05) is 26.3 Å². The summed E-state index contributed by atoms with van der Waals surface area (Å²) in [7, 11) is 7.21. The van der Waals surface area contributed by atoms with E-state index in [-0.39, 0.29) is 5.91 Å². The second kappa shape index (κ2) is 8.57. The molecule has 9 heteroatoms. The van der Waals surface area contributed by atoms with Gasteiger partial charge in [-0.15, -0.1) is 5.10 Å². The Bertz CT molecular complexity index is 966. The third-order valence-electron chi connectivity index (χ3n) is 4.13. The number of hydrogen-bond donors (Lipinski definition) is 0. The number of rotatable bonds is 8. The molecule has 2 aromatic heterocycles. The SMILES string of the molecule is CCOc1ccc2nc(N(CCN(C)C)C(=O)c3cn(C)nc3OC)sc2c1. The lowest BCUT2D eigenvalue weighted by atomic mass is 10.3. The molecule has 0 aliphatic heterocycles. The Labute approximate surface area is 168 Å². The van der Waals surface area contributed by atoms with Crippen molar-refractivity contribution in [1.29, 1.82) is 0 Å². The van der Waals surface area contributed by atoms with Crippen molar-refractivity contribution in [2.75, 3.05) is 45.8 Å². The van der Waals surface area contributed by atoms with Crippen molar-refractivity contribution in [3.05, 3.63) is 30.0 Å². The standard InChI is InChI=1S/C19H25N5O3S/c1-6-27-13-7-8-15-16(11-13)28-19(20-15)24(10-9-22(2)3)18(25)14-12-23(4)21-17(14)26-5/h7-8,11-12H,6,9-10H2,1-5H3. The van der Waals surface area contributed by atoms with E-state index >= 15 is 0 Å². The van der Waals surface area contributed by atoms with E-state index in [9.17, 15) is 4.79 Å². The van der Waals surface area contributed by atoms with Gasteiger partial charge in [0.1, 0.15) is 11.3 Å². The number of methoxy groups -OCH3 is 1. The van der Waals surface area contributed by atoms with Crippen molar-refractivity contribution in [3.63, 3.8) is 0 Å². The molecule has 1 amide bonds. The fraction of sp³-hybridized carbons (Fsp3) is 0.421. The number of benzene rings is 1. The summed E-state index contributed by atoms with van der Waals surface area (Å²) in [5.74, 6) is 0.920. The molecule has 3 aromatic rings. The summed E-state index contributed by atoms with van der Waals surface area (Å²) in [5, 5.41) is 4.84. The van der Waals surface area contributed by atoms with Crippen LogP contribution in [0.3, 0.4) is 0 Å². The van der Waals surface area contributed by atoms with Crippen LogP contribution in [0.5, 0.6) is 11.6 Å². The zero-order chi connectivity index (χ0) is 20.3. The highest BCUT2D eigenvalue weighted by atomic mass is 32.1. The lowest BCUT2D eigenvalue weighted by molar-refractivity contribution is 0.0982. The fourth-order valence-electron chi connectivity index (χ4n) is 2.76. The summed E-state index contributed by atoms with van der Waals surface area (Å²) in [4.78, 5) is 21.7. The monoisotopic (exact) mass is 403 g/mol. The number of amides is 1. The maximum absolute atomic E-state index is 13.3. The lowest BCUT2D eigenvalue weighted by Gasteiger charge is -2.21. The van der Waals surface area contributed by atoms with Crippen LogP contribution in [0.25, 0.3) is 10.2 Å². The van der Waals surface area contributed by atoms with Gasteiger partial charge in [-0.3, -0.25) is 14.4 Å². The normalized spacial score (nSPS) is 11.2. The summed E-state index contributed by atoms with van der Waals surface area (Å²) in [6.07, 6.45) is 1.67. The third kappa shape index (κ3) is 4.26. The first kappa shape index (κ1) is 20.1. The predicted molar refractivity (Wildman–Crippen MR) is 111 cm³/mol. The molecule has 0 unspecified atom stereocenters. The van der Waals surface area contributed by atoms with Crippen molar-refractivity contribution in [1.82, 2.24) is 19.7 Å². The Hall–Kier alpha value is -2.65. The molecule has 0 atom stereocenters. The number of fused-ring (bicyclic) bond motifs is 1. The molecule has 150 valence electrons. The van der Waals surface area contributed by atoms with E-state index in [0.29, 0.717) is 36.3 Å². The van der Waals surface area contributed by atoms with E-state index in [0.717, 1.165) is 16.0 Å². The van der Waals surface area contributed by atoms with Gasteiger partial charge in [0.05, 0.1) is 23.9 Å². The summed E-state index contributed by atoms with van der Waals surface area (Å²) >= 11 is 1.47. The van der Waals surface area contributed by atoms with Crippen molar-refractivity contribution in [2.45, 2.75) is 6.92 Å². The van der Waals surface area contributed by atoms with Crippen LogP contribution in [0.4, 0.5) is 5.13 Å². The number of aryl methyl sites for hydroxylation is 1. The number of ether oxygens (including phenoxy) is 2. The number of hydrogen-bond acceptors (Lipinski definition) is 7. The van der Waals surface area contributed by atoms with Crippen LogP contribution in [0.2, 0.25) is 0 Å². The van der Waals surface area contributed by atoms with Crippen LogP contribution in [-0.4, -0.2) is 66.5 Å². The minimum absolute atomic E-state index is 0.184. The minimum Gasteiger partial charge on any atom is -0.494 e. The third-order valence-corrected chi connectivity index (χ3v) is 5.17. The van der Waals surface area contributed by atoms with Gasteiger partial charge in [-0.25, -0.2) is 4.98 Å². The Kier molecular flexibility index (Phi) is 6.15. The van der Waals surface area contributed by atoms with Gasteiger partial charge >= 0.3 is 0 Å². The van der Waals surface area contributed by atoms with Crippen molar-refractivity contribution in [3.8, 4) is 11.6 Å². The maximum Gasteiger partial charge on any atom is 0.267 e. The molecule has 0 spiro atoms. The molecule has 8 nitrogen and oxygen atoms in total. The van der Waals surface area contributed by atoms with Crippen LogP contribution in [0, 0.1) is 0 Å². The summed E-state index contributed by atoms with van der Waals surface area (Å²) in [6, 6.07) is 5.77. The highest BCUT2D eigenvalue weighted by molar-refractivity contribution is 7.22. The Balaban J connectivity index is 1.99. The molecule has 0 saturated carbocycles. The zero-order valence-electron chi connectivity index (χ0n) is 16.8. The second-order valence-corrected chi connectivity index (χ2v) is 7.55. The molecule has 0 radical (unpaired) electrons. The molecule has 2 heterocycles. The largest absolute Gasteiger partial charge is 0.494 e. The average molecular weight is 404 g/mol. The van der Waals surface area contributed by atoms with Crippen LogP contribution < -0.4 is 14.4 Å². The van der Waals surface area contributed by atoms with Gasteiger partial charge in [-0.05, 0) is 39.2 Å². The lowest BCUT2D eigenvalue weighted by Crippen LogP contribution is -2.36. The number of anilines is 1. The quantitative estimate of drug-likeness (QED) is 0.576. The molecule has 0 bridgehead atoms.